The van der Waals surface area contributed by atoms with E-state index in [2.05, 4.69) is 6.58 Å². The SMILES string of the molecule is C=C(c1cccs1)C(C)S(N)=O. The maximum atomic E-state index is 10.9. The van der Waals surface area contributed by atoms with Crippen LogP contribution in [-0.2, 0) is 11.0 Å². The Balaban J connectivity index is 2.79. The molecule has 0 spiro atoms. The van der Waals surface area contributed by atoms with Gasteiger partial charge in [-0.3, -0.25) is 5.14 Å². The predicted octanol–water partition coefficient (Wildman–Crippen LogP) is 1.77. The van der Waals surface area contributed by atoms with Crippen LogP contribution in [0, 0.1) is 0 Å². The first-order valence-electron chi connectivity index (χ1n) is 3.50. The van der Waals surface area contributed by atoms with Gasteiger partial charge in [0.15, 0.2) is 0 Å². The number of nitrogens with two attached hydrogens (primary N) is 1. The van der Waals surface area contributed by atoms with E-state index >= 15 is 0 Å². The van der Waals surface area contributed by atoms with Crippen molar-refractivity contribution in [1.29, 1.82) is 0 Å². The monoisotopic (exact) mass is 201 g/mol. The Morgan fingerprint density at radius 1 is 1.83 bits per heavy atom. The van der Waals surface area contributed by atoms with Gasteiger partial charge in [0.25, 0.3) is 0 Å². The summed E-state index contributed by atoms with van der Waals surface area (Å²) in [5, 5.41) is 7.06. The van der Waals surface area contributed by atoms with Crippen molar-refractivity contribution in [3.8, 4) is 0 Å². The van der Waals surface area contributed by atoms with Gasteiger partial charge in [-0.25, -0.2) is 4.21 Å². The Bertz CT molecular complexity index is 292. The molecule has 1 rings (SSSR count). The highest BCUT2D eigenvalue weighted by Gasteiger charge is 2.13. The highest BCUT2D eigenvalue weighted by molar-refractivity contribution is 7.83. The van der Waals surface area contributed by atoms with Crippen molar-refractivity contribution in [1.82, 2.24) is 0 Å². The first-order valence-corrected chi connectivity index (χ1v) is 5.66. The first-order chi connectivity index (χ1) is 5.63. The number of thiophene rings is 1. The molecule has 0 aliphatic heterocycles. The molecule has 0 aliphatic rings. The molecule has 2 unspecified atom stereocenters. The van der Waals surface area contributed by atoms with Gasteiger partial charge in [-0.1, -0.05) is 12.6 Å². The average Bonchev–Trinajstić information content (AvgIpc) is 2.53. The van der Waals surface area contributed by atoms with E-state index in [1.54, 1.807) is 11.3 Å². The van der Waals surface area contributed by atoms with Crippen LogP contribution in [0.25, 0.3) is 5.57 Å². The van der Waals surface area contributed by atoms with Gasteiger partial charge in [-0.15, -0.1) is 11.3 Å². The van der Waals surface area contributed by atoms with E-state index in [1.165, 1.54) is 0 Å². The third kappa shape index (κ3) is 2.03. The second-order valence-corrected chi connectivity index (χ2v) is 4.79. The molecule has 2 atom stereocenters. The summed E-state index contributed by atoms with van der Waals surface area (Å²) in [6, 6.07) is 3.90. The highest BCUT2D eigenvalue weighted by Crippen LogP contribution is 2.22. The topological polar surface area (TPSA) is 43.1 Å². The molecule has 0 aromatic carbocycles. The van der Waals surface area contributed by atoms with Crippen molar-refractivity contribution in [2.75, 3.05) is 0 Å². The minimum atomic E-state index is -1.32. The lowest BCUT2D eigenvalue weighted by Gasteiger charge is -2.08. The molecule has 12 heavy (non-hydrogen) atoms. The molecule has 1 heterocycles. The summed E-state index contributed by atoms with van der Waals surface area (Å²) >= 11 is 1.59. The van der Waals surface area contributed by atoms with E-state index in [0.29, 0.717) is 0 Å². The zero-order valence-electron chi connectivity index (χ0n) is 6.82. The highest BCUT2D eigenvalue weighted by atomic mass is 32.2. The van der Waals surface area contributed by atoms with Crippen LogP contribution in [-0.4, -0.2) is 9.46 Å². The molecule has 0 bridgehead atoms. The van der Waals surface area contributed by atoms with Crippen molar-refractivity contribution < 1.29 is 4.21 Å². The summed E-state index contributed by atoms with van der Waals surface area (Å²) in [5.41, 5.74) is 0.853. The van der Waals surface area contributed by atoms with Gasteiger partial charge in [0.2, 0.25) is 0 Å². The van der Waals surface area contributed by atoms with Gasteiger partial charge >= 0.3 is 0 Å². The van der Waals surface area contributed by atoms with Crippen LogP contribution in [0.1, 0.15) is 11.8 Å². The van der Waals surface area contributed by atoms with Crippen LogP contribution in [0.3, 0.4) is 0 Å². The van der Waals surface area contributed by atoms with Crippen molar-refractivity contribution in [3.63, 3.8) is 0 Å². The molecule has 0 saturated heterocycles. The fourth-order valence-electron chi connectivity index (χ4n) is 0.802. The fraction of sp³-hybridized carbons (Fsp3) is 0.250. The van der Waals surface area contributed by atoms with E-state index in [4.69, 9.17) is 5.14 Å². The Morgan fingerprint density at radius 2 is 2.50 bits per heavy atom. The summed E-state index contributed by atoms with van der Waals surface area (Å²) in [5.74, 6) is 0. The smallest absolute Gasteiger partial charge is 0.0962 e. The Morgan fingerprint density at radius 3 is 2.92 bits per heavy atom. The van der Waals surface area contributed by atoms with Crippen LogP contribution >= 0.6 is 11.3 Å². The molecule has 0 fully saturated rings. The van der Waals surface area contributed by atoms with E-state index < -0.39 is 11.0 Å². The minimum absolute atomic E-state index is 0.163. The molecule has 66 valence electrons. The van der Waals surface area contributed by atoms with Crippen LogP contribution in [0.4, 0.5) is 0 Å². The molecule has 0 saturated carbocycles. The quantitative estimate of drug-likeness (QED) is 0.795. The molecule has 2 nitrogen and oxygen atoms in total. The molecule has 2 N–H and O–H groups in total. The zero-order valence-corrected chi connectivity index (χ0v) is 8.45. The lowest BCUT2D eigenvalue weighted by atomic mass is 10.2. The second kappa shape index (κ2) is 3.98. The molecule has 1 aromatic rings. The Kier molecular flexibility index (Phi) is 3.20. The fourth-order valence-corrected chi connectivity index (χ4v) is 2.07. The third-order valence-corrected chi connectivity index (χ3v) is 3.60. The largest absolute Gasteiger partial charge is 0.251 e. The van der Waals surface area contributed by atoms with Crippen LogP contribution < -0.4 is 5.14 Å². The van der Waals surface area contributed by atoms with Gasteiger partial charge in [0, 0.05) is 4.88 Å². The van der Waals surface area contributed by atoms with Crippen LogP contribution in [0.15, 0.2) is 24.1 Å². The Hall–Kier alpha value is -0.450. The average molecular weight is 201 g/mol. The maximum absolute atomic E-state index is 10.9. The van der Waals surface area contributed by atoms with Gasteiger partial charge in [-0.2, -0.15) is 0 Å². The van der Waals surface area contributed by atoms with E-state index in [0.717, 1.165) is 10.5 Å². The third-order valence-electron chi connectivity index (χ3n) is 1.68. The van der Waals surface area contributed by atoms with Crippen molar-refractivity contribution in [3.05, 3.63) is 29.0 Å². The second-order valence-electron chi connectivity index (χ2n) is 2.47. The summed E-state index contributed by atoms with van der Waals surface area (Å²) in [4.78, 5) is 1.06. The normalized spacial score (nSPS) is 15.5. The van der Waals surface area contributed by atoms with E-state index in [-0.39, 0.29) is 5.25 Å². The van der Waals surface area contributed by atoms with Gasteiger partial charge in [-0.05, 0) is 23.9 Å². The molecule has 1 aromatic heterocycles. The molecule has 0 aliphatic carbocycles. The van der Waals surface area contributed by atoms with Crippen molar-refractivity contribution in [2.24, 2.45) is 5.14 Å². The van der Waals surface area contributed by atoms with Crippen molar-refractivity contribution in [2.45, 2.75) is 12.2 Å². The maximum Gasteiger partial charge on any atom is 0.0962 e. The van der Waals surface area contributed by atoms with Gasteiger partial charge in [0.05, 0.1) is 16.2 Å². The van der Waals surface area contributed by atoms with Gasteiger partial charge < -0.3 is 0 Å². The van der Waals surface area contributed by atoms with E-state index in [1.807, 2.05) is 24.4 Å². The summed E-state index contributed by atoms with van der Waals surface area (Å²) in [6.07, 6.45) is 0. The standard InChI is InChI=1S/C8H11NOS2/c1-6(7(2)12(9)10)8-4-3-5-11-8/h3-5,7H,1,9H2,2H3. The summed E-state index contributed by atoms with van der Waals surface area (Å²) in [6.45, 7) is 5.67. The predicted molar refractivity (Wildman–Crippen MR) is 55.1 cm³/mol. The molecule has 0 radical (unpaired) electrons. The first kappa shape index (κ1) is 9.64. The lowest BCUT2D eigenvalue weighted by molar-refractivity contribution is 0.681. The van der Waals surface area contributed by atoms with Crippen LogP contribution in [0.5, 0.6) is 0 Å². The van der Waals surface area contributed by atoms with Gasteiger partial charge in [0.1, 0.15) is 0 Å². The molecular formula is C8H11NOS2. The Labute approximate surface area is 78.7 Å². The molecule has 4 heteroatoms. The zero-order chi connectivity index (χ0) is 9.14. The van der Waals surface area contributed by atoms with E-state index in [9.17, 15) is 4.21 Å². The lowest BCUT2D eigenvalue weighted by Crippen LogP contribution is -2.18. The number of rotatable bonds is 3. The summed E-state index contributed by atoms with van der Waals surface area (Å²) in [7, 11) is -1.32. The minimum Gasteiger partial charge on any atom is -0.251 e. The number of hydrogen-bond donors (Lipinski definition) is 1. The van der Waals surface area contributed by atoms with Crippen LogP contribution in [0.2, 0.25) is 0 Å². The summed E-state index contributed by atoms with van der Waals surface area (Å²) < 4.78 is 10.9. The van der Waals surface area contributed by atoms with Crippen molar-refractivity contribution >= 4 is 27.9 Å². The molecular weight excluding hydrogens is 190 g/mol. The number of hydrogen-bond acceptors (Lipinski definition) is 2. The molecule has 0 amide bonds.